The van der Waals surface area contributed by atoms with E-state index in [0.717, 1.165) is 24.6 Å². The lowest BCUT2D eigenvalue weighted by Gasteiger charge is -2.24. The second-order valence-electron chi connectivity index (χ2n) is 4.46. The van der Waals surface area contributed by atoms with E-state index in [2.05, 4.69) is 25.2 Å². The number of ether oxygens (including phenoxy) is 1. The van der Waals surface area contributed by atoms with Gasteiger partial charge in [-0.2, -0.15) is 0 Å². The number of hydrogen-bond donors (Lipinski definition) is 1. The van der Waals surface area contributed by atoms with E-state index < -0.39 is 0 Å². The van der Waals surface area contributed by atoms with Crippen molar-refractivity contribution in [1.82, 2.24) is 5.32 Å². The van der Waals surface area contributed by atoms with Crippen molar-refractivity contribution in [3.8, 4) is 0 Å². The normalized spacial score (nSPS) is 16.4. The third-order valence-electron chi connectivity index (χ3n) is 3.12. The summed E-state index contributed by atoms with van der Waals surface area (Å²) < 4.78 is 11.5. The highest BCUT2D eigenvalue weighted by Gasteiger charge is 2.18. The van der Waals surface area contributed by atoms with Gasteiger partial charge in [0.15, 0.2) is 0 Å². The van der Waals surface area contributed by atoms with Gasteiger partial charge in [-0.15, -0.1) is 0 Å². The standard InChI is InChI=1S/C13H21NO2/c1-3-14-8-13-10(2)7-12(16-13)9-15-11-5-4-6-11/h7,11,14H,3-6,8-9H2,1-2H3. The Bertz CT molecular complexity index is 329. The van der Waals surface area contributed by atoms with E-state index in [-0.39, 0.29) is 0 Å². The Labute approximate surface area is 97.2 Å². The van der Waals surface area contributed by atoms with Crippen LogP contribution in [0, 0.1) is 6.92 Å². The molecule has 0 radical (unpaired) electrons. The molecule has 1 aliphatic carbocycles. The van der Waals surface area contributed by atoms with E-state index in [1.807, 2.05) is 0 Å². The fourth-order valence-corrected chi connectivity index (χ4v) is 1.81. The van der Waals surface area contributed by atoms with Crippen molar-refractivity contribution in [2.45, 2.75) is 52.4 Å². The van der Waals surface area contributed by atoms with Crippen molar-refractivity contribution in [2.24, 2.45) is 0 Å². The molecule has 3 nitrogen and oxygen atoms in total. The molecular formula is C13H21NO2. The molecule has 1 aromatic rings. The van der Waals surface area contributed by atoms with Gasteiger partial charge in [0.1, 0.15) is 18.1 Å². The van der Waals surface area contributed by atoms with Gasteiger partial charge in [-0.25, -0.2) is 0 Å². The first-order valence-corrected chi connectivity index (χ1v) is 6.20. The van der Waals surface area contributed by atoms with Crippen LogP contribution in [-0.4, -0.2) is 12.6 Å². The van der Waals surface area contributed by atoms with Crippen molar-refractivity contribution in [3.05, 3.63) is 23.2 Å². The molecule has 0 amide bonds. The van der Waals surface area contributed by atoms with E-state index in [4.69, 9.17) is 9.15 Å². The summed E-state index contributed by atoms with van der Waals surface area (Å²) >= 11 is 0. The van der Waals surface area contributed by atoms with Gasteiger partial charge in [0.2, 0.25) is 0 Å². The predicted molar refractivity (Wildman–Crippen MR) is 63.3 cm³/mol. The lowest BCUT2D eigenvalue weighted by molar-refractivity contribution is -0.0160. The van der Waals surface area contributed by atoms with Crippen molar-refractivity contribution < 1.29 is 9.15 Å². The van der Waals surface area contributed by atoms with E-state index in [1.165, 1.54) is 24.8 Å². The molecule has 90 valence electrons. The Morgan fingerprint density at radius 3 is 2.94 bits per heavy atom. The second-order valence-corrected chi connectivity index (χ2v) is 4.46. The van der Waals surface area contributed by atoms with Crippen LogP contribution in [-0.2, 0) is 17.9 Å². The van der Waals surface area contributed by atoms with E-state index in [0.29, 0.717) is 12.7 Å². The summed E-state index contributed by atoms with van der Waals surface area (Å²) in [4.78, 5) is 0. The van der Waals surface area contributed by atoms with Crippen molar-refractivity contribution in [1.29, 1.82) is 0 Å². The third kappa shape index (κ3) is 2.86. The second kappa shape index (κ2) is 5.51. The summed E-state index contributed by atoms with van der Waals surface area (Å²) in [5.74, 6) is 1.99. The summed E-state index contributed by atoms with van der Waals surface area (Å²) in [5, 5.41) is 3.27. The van der Waals surface area contributed by atoms with Crippen LogP contribution in [0.3, 0.4) is 0 Å². The van der Waals surface area contributed by atoms with E-state index >= 15 is 0 Å². The van der Waals surface area contributed by atoms with E-state index in [9.17, 15) is 0 Å². The van der Waals surface area contributed by atoms with Crippen LogP contribution in [0.5, 0.6) is 0 Å². The first-order valence-electron chi connectivity index (χ1n) is 6.20. The minimum absolute atomic E-state index is 0.475. The maximum atomic E-state index is 5.75. The Kier molecular flexibility index (Phi) is 4.02. The van der Waals surface area contributed by atoms with Gasteiger partial charge in [-0.3, -0.25) is 0 Å². The summed E-state index contributed by atoms with van der Waals surface area (Å²) in [7, 11) is 0. The molecule has 1 aromatic heterocycles. The molecule has 2 rings (SSSR count). The number of furan rings is 1. The zero-order chi connectivity index (χ0) is 11.4. The Hall–Kier alpha value is -0.800. The summed E-state index contributed by atoms with van der Waals surface area (Å²) in [6, 6.07) is 2.09. The fraction of sp³-hybridized carbons (Fsp3) is 0.692. The average molecular weight is 223 g/mol. The molecule has 0 aromatic carbocycles. The minimum Gasteiger partial charge on any atom is -0.462 e. The van der Waals surface area contributed by atoms with Crippen molar-refractivity contribution in [2.75, 3.05) is 6.54 Å². The molecular weight excluding hydrogens is 202 g/mol. The molecule has 0 unspecified atom stereocenters. The largest absolute Gasteiger partial charge is 0.462 e. The number of hydrogen-bond acceptors (Lipinski definition) is 3. The predicted octanol–water partition coefficient (Wildman–Crippen LogP) is 2.77. The lowest BCUT2D eigenvalue weighted by atomic mass is 9.96. The molecule has 1 fully saturated rings. The van der Waals surface area contributed by atoms with Crippen LogP contribution in [0.2, 0.25) is 0 Å². The Morgan fingerprint density at radius 2 is 2.31 bits per heavy atom. The highest BCUT2D eigenvalue weighted by Crippen LogP contribution is 2.24. The quantitative estimate of drug-likeness (QED) is 0.805. The number of aryl methyl sites for hydroxylation is 1. The van der Waals surface area contributed by atoms with Crippen LogP contribution in [0.1, 0.15) is 43.3 Å². The maximum absolute atomic E-state index is 5.75. The number of rotatable bonds is 6. The van der Waals surface area contributed by atoms with Crippen LogP contribution < -0.4 is 5.32 Å². The molecule has 0 bridgehead atoms. The highest BCUT2D eigenvalue weighted by atomic mass is 16.5. The molecule has 0 aliphatic heterocycles. The fourth-order valence-electron chi connectivity index (χ4n) is 1.81. The zero-order valence-electron chi connectivity index (χ0n) is 10.2. The van der Waals surface area contributed by atoms with Gasteiger partial charge in [0.05, 0.1) is 12.6 Å². The average Bonchev–Trinajstić information content (AvgIpc) is 2.54. The van der Waals surface area contributed by atoms with E-state index in [1.54, 1.807) is 0 Å². The Morgan fingerprint density at radius 1 is 1.50 bits per heavy atom. The van der Waals surface area contributed by atoms with Crippen LogP contribution in [0.4, 0.5) is 0 Å². The molecule has 3 heteroatoms. The molecule has 0 atom stereocenters. The zero-order valence-corrected chi connectivity index (χ0v) is 10.2. The van der Waals surface area contributed by atoms with Gasteiger partial charge >= 0.3 is 0 Å². The van der Waals surface area contributed by atoms with Gasteiger partial charge in [-0.1, -0.05) is 6.92 Å². The lowest BCUT2D eigenvalue weighted by Crippen LogP contribution is -2.20. The SMILES string of the molecule is CCNCc1oc(COC2CCC2)cc1C. The number of nitrogens with one attached hydrogen (secondary N) is 1. The first-order chi connectivity index (χ1) is 7.79. The molecule has 0 spiro atoms. The molecule has 1 N–H and O–H groups in total. The molecule has 1 saturated carbocycles. The van der Waals surface area contributed by atoms with Crippen LogP contribution in [0.25, 0.3) is 0 Å². The third-order valence-corrected chi connectivity index (χ3v) is 3.12. The summed E-state index contributed by atoms with van der Waals surface area (Å²) in [6.07, 6.45) is 4.21. The molecule has 1 heterocycles. The molecule has 0 saturated heterocycles. The molecule has 16 heavy (non-hydrogen) atoms. The van der Waals surface area contributed by atoms with Gasteiger partial charge < -0.3 is 14.5 Å². The smallest absolute Gasteiger partial charge is 0.130 e. The van der Waals surface area contributed by atoms with Gasteiger partial charge in [0.25, 0.3) is 0 Å². The topological polar surface area (TPSA) is 34.4 Å². The van der Waals surface area contributed by atoms with Crippen LogP contribution >= 0.6 is 0 Å². The minimum atomic E-state index is 0.475. The van der Waals surface area contributed by atoms with Crippen LogP contribution in [0.15, 0.2) is 10.5 Å². The van der Waals surface area contributed by atoms with Gasteiger partial charge in [-0.05, 0) is 44.4 Å². The molecule has 1 aliphatic rings. The summed E-state index contributed by atoms with van der Waals surface area (Å²) in [6.45, 7) is 6.58. The monoisotopic (exact) mass is 223 g/mol. The maximum Gasteiger partial charge on any atom is 0.130 e. The summed E-state index contributed by atoms with van der Waals surface area (Å²) in [5.41, 5.74) is 1.22. The van der Waals surface area contributed by atoms with Crippen molar-refractivity contribution >= 4 is 0 Å². The Balaban J connectivity index is 1.83. The van der Waals surface area contributed by atoms with Crippen molar-refractivity contribution in [3.63, 3.8) is 0 Å². The first kappa shape index (κ1) is 11.7. The van der Waals surface area contributed by atoms with Gasteiger partial charge in [0, 0.05) is 0 Å². The highest BCUT2D eigenvalue weighted by molar-refractivity contribution is 5.19.